The van der Waals surface area contributed by atoms with Gasteiger partial charge in [-0.1, -0.05) is 28.4 Å². The van der Waals surface area contributed by atoms with Crippen molar-refractivity contribution in [3.63, 3.8) is 0 Å². The molecule has 180 valence electrons. The molecule has 0 amide bonds. The van der Waals surface area contributed by atoms with Crippen LogP contribution in [0.25, 0.3) is 0 Å². The van der Waals surface area contributed by atoms with Gasteiger partial charge in [0.05, 0.1) is 16.2 Å². The number of nitrogens with zero attached hydrogens (tertiary/aromatic N) is 2. The highest BCUT2D eigenvalue weighted by Crippen LogP contribution is 2.49. The Kier molecular flexibility index (Phi) is 6.44. The number of oxime groups is 1. The Morgan fingerprint density at radius 1 is 1.03 bits per heavy atom. The molecule has 0 radical (unpaired) electrons. The van der Waals surface area contributed by atoms with Crippen LogP contribution in [0.15, 0.2) is 71.9 Å². The summed E-state index contributed by atoms with van der Waals surface area (Å²) in [5.74, 6) is -0.650. The van der Waals surface area contributed by atoms with Gasteiger partial charge in [0.15, 0.2) is 0 Å². The highest BCUT2D eigenvalue weighted by molar-refractivity contribution is 6.34. The molecule has 0 fully saturated rings. The Hall–Kier alpha value is -3.63. The number of alkyl halides is 3. The van der Waals surface area contributed by atoms with Gasteiger partial charge in [0.2, 0.25) is 0 Å². The van der Waals surface area contributed by atoms with E-state index >= 15 is 0 Å². The first-order chi connectivity index (χ1) is 16.5. The fourth-order valence-electron chi connectivity index (χ4n) is 3.45. The minimum absolute atomic E-state index is 0.0201. The second kappa shape index (κ2) is 9.20. The zero-order valence-corrected chi connectivity index (χ0v) is 18.9. The normalized spacial score (nSPS) is 17.5. The number of halogens is 5. The van der Waals surface area contributed by atoms with Gasteiger partial charge in [0, 0.05) is 34.2 Å². The molecule has 7 nitrogen and oxygen atoms in total. The van der Waals surface area contributed by atoms with Gasteiger partial charge in [0.25, 0.3) is 11.3 Å². The third-order valence-corrected chi connectivity index (χ3v) is 5.66. The summed E-state index contributed by atoms with van der Waals surface area (Å²) in [4.78, 5) is 27.3. The molecule has 0 spiro atoms. The zero-order valence-electron chi connectivity index (χ0n) is 17.4. The van der Waals surface area contributed by atoms with Gasteiger partial charge < -0.3 is 9.57 Å². The maximum Gasteiger partial charge on any atom is 0.435 e. The molecule has 12 heteroatoms. The van der Waals surface area contributed by atoms with E-state index in [1.165, 1.54) is 42.5 Å². The average Bonchev–Trinajstić information content (AvgIpc) is 3.26. The summed E-state index contributed by atoms with van der Waals surface area (Å²) in [6.45, 7) is 0. The van der Waals surface area contributed by atoms with Gasteiger partial charge >= 0.3 is 12.1 Å². The van der Waals surface area contributed by atoms with E-state index < -0.39 is 29.1 Å². The molecule has 0 N–H and O–H groups in total. The van der Waals surface area contributed by atoms with Crippen LogP contribution in [0.5, 0.6) is 5.75 Å². The van der Waals surface area contributed by atoms with Crippen molar-refractivity contribution in [3.05, 3.63) is 104 Å². The molecule has 3 aromatic carbocycles. The monoisotopic (exact) mass is 524 g/mol. The van der Waals surface area contributed by atoms with Gasteiger partial charge in [-0.3, -0.25) is 10.1 Å². The third-order valence-electron chi connectivity index (χ3n) is 5.23. The van der Waals surface area contributed by atoms with Crippen LogP contribution < -0.4 is 4.74 Å². The van der Waals surface area contributed by atoms with E-state index in [0.717, 1.165) is 24.3 Å². The highest BCUT2D eigenvalue weighted by Gasteiger charge is 2.62. The van der Waals surface area contributed by atoms with E-state index in [2.05, 4.69) is 5.16 Å². The number of esters is 1. The zero-order chi connectivity index (χ0) is 25.4. The van der Waals surface area contributed by atoms with Crippen LogP contribution in [0.2, 0.25) is 10.0 Å². The molecule has 1 aliphatic rings. The predicted molar refractivity (Wildman–Crippen MR) is 121 cm³/mol. The van der Waals surface area contributed by atoms with Crippen molar-refractivity contribution in [2.75, 3.05) is 0 Å². The lowest BCUT2D eigenvalue weighted by atomic mass is 9.86. The van der Waals surface area contributed by atoms with Crippen LogP contribution in [-0.4, -0.2) is 22.8 Å². The van der Waals surface area contributed by atoms with E-state index in [4.69, 9.17) is 32.8 Å². The Labute approximate surface area is 205 Å². The van der Waals surface area contributed by atoms with Crippen molar-refractivity contribution in [2.45, 2.75) is 18.2 Å². The van der Waals surface area contributed by atoms with E-state index in [9.17, 15) is 28.1 Å². The molecule has 4 rings (SSSR count). The topological polar surface area (TPSA) is 91.0 Å². The molecular formula is C23H13Cl2F3N2O5. The SMILES string of the molecule is O=C(Oc1ccc(C2=NOC(c3cc(Cl)cc(Cl)c3)(C(F)(F)F)C2)cc1)c1ccc([N+](=O)[O-])cc1. The first-order valence-corrected chi connectivity index (χ1v) is 10.6. The Bertz CT molecular complexity index is 1310. The summed E-state index contributed by atoms with van der Waals surface area (Å²) < 4.78 is 47.6. The standard InChI is InChI=1S/C23H13Cl2F3N2O5/c24-16-9-15(10-17(25)11-16)22(23(26,27)28)12-20(29-35-22)13-3-7-19(8-4-13)34-21(31)14-1-5-18(6-2-14)30(32)33/h1-11H,12H2. The second-order valence-corrected chi connectivity index (χ2v) is 8.38. The Morgan fingerprint density at radius 3 is 2.17 bits per heavy atom. The lowest BCUT2D eigenvalue weighted by molar-refractivity contribution is -0.384. The van der Waals surface area contributed by atoms with E-state index in [1.807, 2.05) is 0 Å². The molecule has 0 saturated heterocycles. The number of non-ortho nitro benzene ring substituents is 1. The van der Waals surface area contributed by atoms with Gasteiger partial charge in [-0.25, -0.2) is 4.79 Å². The average molecular weight is 525 g/mol. The largest absolute Gasteiger partial charge is 0.435 e. The molecule has 0 aromatic heterocycles. The molecule has 0 bridgehead atoms. The molecular weight excluding hydrogens is 512 g/mol. The number of carbonyl (C=O) groups is 1. The van der Waals surface area contributed by atoms with E-state index in [-0.39, 0.29) is 38.3 Å². The third kappa shape index (κ3) is 4.94. The first kappa shape index (κ1) is 24.5. The number of nitro groups is 1. The summed E-state index contributed by atoms with van der Waals surface area (Å²) >= 11 is 11.8. The van der Waals surface area contributed by atoms with Crippen molar-refractivity contribution >= 4 is 40.6 Å². The fourth-order valence-corrected chi connectivity index (χ4v) is 3.97. The summed E-state index contributed by atoms with van der Waals surface area (Å²) in [6, 6.07) is 14.0. The molecule has 3 aromatic rings. The van der Waals surface area contributed by atoms with Gasteiger partial charge in [-0.15, -0.1) is 0 Å². The van der Waals surface area contributed by atoms with Crippen molar-refractivity contribution < 1.29 is 32.5 Å². The number of ether oxygens (including phenoxy) is 1. The first-order valence-electron chi connectivity index (χ1n) is 9.84. The van der Waals surface area contributed by atoms with Gasteiger partial charge in [-0.2, -0.15) is 13.2 Å². The molecule has 1 aliphatic heterocycles. The van der Waals surface area contributed by atoms with Crippen LogP contribution in [0.4, 0.5) is 18.9 Å². The van der Waals surface area contributed by atoms with Crippen molar-refractivity contribution in [1.82, 2.24) is 0 Å². The lowest BCUT2D eigenvalue weighted by Gasteiger charge is -2.29. The lowest BCUT2D eigenvalue weighted by Crippen LogP contribution is -2.42. The maximum atomic E-state index is 14.1. The van der Waals surface area contributed by atoms with Gasteiger partial charge in [-0.05, 0) is 60.2 Å². The minimum Gasteiger partial charge on any atom is -0.423 e. The van der Waals surface area contributed by atoms with Crippen LogP contribution in [0, 0.1) is 10.1 Å². The summed E-state index contributed by atoms with van der Waals surface area (Å²) in [5, 5.41) is 14.4. The van der Waals surface area contributed by atoms with Crippen LogP contribution in [0.1, 0.15) is 27.9 Å². The molecule has 0 saturated carbocycles. The molecule has 35 heavy (non-hydrogen) atoms. The minimum atomic E-state index is -4.83. The number of carbonyl (C=O) groups excluding carboxylic acids is 1. The van der Waals surface area contributed by atoms with Gasteiger partial charge in [0.1, 0.15) is 5.75 Å². The predicted octanol–water partition coefficient (Wildman–Crippen LogP) is 6.70. The van der Waals surface area contributed by atoms with E-state index in [1.54, 1.807) is 0 Å². The maximum absolute atomic E-state index is 14.1. The number of rotatable bonds is 5. The summed E-state index contributed by atoms with van der Waals surface area (Å²) in [7, 11) is 0. The van der Waals surface area contributed by atoms with Crippen LogP contribution in [-0.2, 0) is 10.4 Å². The smallest absolute Gasteiger partial charge is 0.423 e. The van der Waals surface area contributed by atoms with Crippen LogP contribution in [0.3, 0.4) is 0 Å². The number of nitro benzene ring substituents is 1. The number of hydrogen-bond donors (Lipinski definition) is 0. The van der Waals surface area contributed by atoms with Crippen molar-refractivity contribution in [3.8, 4) is 5.75 Å². The quantitative estimate of drug-likeness (QED) is 0.160. The Balaban J connectivity index is 1.51. The Morgan fingerprint density at radius 2 is 1.63 bits per heavy atom. The molecule has 1 heterocycles. The summed E-state index contributed by atoms with van der Waals surface area (Å²) in [5.41, 5.74) is -2.80. The van der Waals surface area contributed by atoms with E-state index in [0.29, 0.717) is 5.56 Å². The fraction of sp³-hybridized carbons (Fsp3) is 0.130. The van der Waals surface area contributed by atoms with Crippen molar-refractivity contribution in [1.29, 1.82) is 0 Å². The summed E-state index contributed by atoms with van der Waals surface area (Å²) in [6.07, 6.45) is -5.46. The van der Waals surface area contributed by atoms with Crippen LogP contribution >= 0.6 is 23.2 Å². The van der Waals surface area contributed by atoms with Crippen molar-refractivity contribution in [2.24, 2.45) is 5.16 Å². The second-order valence-electron chi connectivity index (χ2n) is 7.51. The highest BCUT2D eigenvalue weighted by atomic mass is 35.5. The number of hydrogen-bond acceptors (Lipinski definition) is 6. The molecule has 0 aliphatic carbocycles. The molecule has 1 unspecified atom stereocenters. The molecule has 1 atom stereocenters. The number of benzene rings is 3.